The van der Waals surface area contributed by atoms with Gasteiger partial charge in [-0.3, -0.25) is 9.48 Å². The molecule has 1 unspecified atom stereocenters. The van der Waals surface area contributed by atoms with Gasteiger partial charge in [0.2, 0.25) is 5.91 Å². The van der Waals surface area contributed by atoms with Gasteiger partial charge in [-0.25, -0.2) is 0 Å². The van der Waals surface area contributed by atoms with Gasteiger partial charge in [0.1, 0.15) is 0 Å². The largest absolute Gasteiger partial charge is 0.335 e. The maximum atomic E-state index is 12.0. The molecule has 1 aromatic rings. The summed E-state index contributed by atoms with van der Waals surface area (Å²) in [5.41, 5.74) is 1.07. The highest BCUT2D eigenvalue weighted by Gasteiger charge is 2.27. The summed E-state index contributed by atoms with van der Waals surface area (Å²) >= 11 is 0. The van der Waals surface area contributed by atoms with Gasteiger partial charge in [-0.2, -0.15) is 5.10 Å². The molecule has 1 fully saturated rings. The first-order valence-corrected chi connectivity index (χ1v) is 5.65. The number of hydrogen-bond donors (Lipinski definition) is 1. The summed E-state index contributed by atoms with van der Waals surface area (Å²) in [6.45, 7) is 1.51. The van der Waals surface area contributed by atoms with Gasteiger partial charge in [-0.15, -0.1) is 0 Å². The van der Waals surface area contributed by atoms with Crippen molar-refractivity contribution in [2.75, 3.05) is 13.6 Å². The topological polar surface area (TPSA) is 50.2 Å². The molecule has 1 N–H and O–H groups in total. The first-order chi connectivity index (χ1) is 7.72. The number of amides is 1. The van der Waals surface area contributed by atoms with E-state index in [0.29, 0.717) is 6.54 Å². The first-order valence-electron chi connectivity index (χ1n) is 5.65. The van der Waals surface area contributed by atoms with Crippen molar-refractivity contribution in [2.24, 2.45) is 7.05 Å². The van der Waals surface area contributed by atoms with Crippen LogP contribution in [0, 0.1) is 0 Å². The van der Waals surface area contributed by atoms with E-state index in [1.165, 1.54) is 0 Å². The molecule has 1 amide bonds. The second-order valence-electron chi connectivity index (χ2n) is 4.19. The molecule has 1 aliphatic rings. The lowest BCUT2D eigenvalue weighted by Gasteiger charge is -2.32. The second-order valence-corrected chi connectivity index (χ2v) is 4.19. The average molecular weight is 222 g/mol. The van der Waals surface area contributed by atoms with Crippen molar-refractivity contribution in [3.8, 4) is 0 Å². The highest BCUT2D eigenvalue weighted by Crippen LogP contribution is 2.14. The van der Waals surface area contributed by atoms with Crippen LogP contribution < -0.4 is 5.32 Å². The third-order valence-corrected chi connectivity index (χ3v) is 3.15. The number of likely N-dealkylation sites (tertiary alicyclic amines) is 1. The van der Waals surface area contributed by atoms with Crippen LogP contribution in [0.2, 0.25) is 0 Å². The van der Waals surface area contributed by atoms with Crippen LogP contribution in [-0.4, -0.2) is 40.2 Å². The van der Waals surface area contributed by atoms with Gasteiger partial charge in [-0.05, 0) is 26.0 Å². The number of aryl methyl sites for hydroxylation is 1. The molecule has 0 bridgehead atoms. The van der Waals surface area contributed by atoms with Crippen LogP contribution in [0.5, 0.6) is 0 Å². The molecular weight excluding hydrogens is 204 g/mol. The fraction of sp³-hybridized carbons (Fsp3) is 0.636. The van der Waals surface area contributed by atoms with Gasteiger partial charge >= 0.3 is 0 Å². The highest BCUT2D eigenvalue weighted by molar-refractivity contribution is 5.82. The summed E-state index contributed by atoms with van der Waals surface area (Å²) in [6, 6.07) is 1.94. The van der Waals surface area contributed by atoms with Gasteiger partial charge in [-0.1, -0.05) is 0 Å². The molecule has 1 atom stereocenters. The molecule has 2 heterocycles. The second kappa shape index (κ2) is 4.65. The number of aromatic nitrogens is 2. The van der Waals surface area contributed by atoms with E-state index < -0.39 is 0 Å². The summed E-state index contributed by atoms with van der Waals surface area (Å²) < 4.78 is 1.82. The fourth-order valence-corrected chi connectivity index (χ4v) is 2.12. The Bertz CT molecular complexity index is 374. The number of piperidine rings is 1. The van der Waals surface area contributed by atoms with Crippen LogP contribution in [0.15, 0.2) is 12.3 Å². The molecule has 0 spiro atoms. The van der Waals surface area contributed by atoms with Crippen molar-refractivity contribution in [1.82, 2.24) is 20.0 Å². The minimum absolute atomic E-state index is 0.0121. The molecule has 2 rings (SSSR count). The Morgan fingerprint density at radius 2 is 2.44 bits per heavy atom. The molecule has 16 heavy (non-hydrogen) atoms. The monoisotopic (exact) mass is 222 g/mol. The molecule has 5 heteroatoms. The van der Waals surface area contributed by atoms with Crippen LogP contribution in [0.3, 0.4) is 0 Å². The summed E-state index contributed by atoms with van der Waals surface area (Å²) in [6.07, 6.45) is 3.77. The summed E-state index contributed by atoms with van der Waals surface area (Å²) in [5, 5.41) is 7.17. The van der Waals surface area contributed by atoms with Crippen molar-refractivity contribution in [3.63, 3.8) is 0 Å². The zero-order valence-electron chi connectivity index (χ0n) is 9.81. The van der Waals surface area contributed by atoms with Crippen LogP contribution in [0.25, 0.3) is 0 Å². The van der Waals surface area contributed by atoms with Gasteiger partial charge in [0, 0.05) is 19.8 Å². The van der Waals surface area contributed by atoms with Gasteiger partial charge in [0.15, 0.2) is 0 Å². The molecule has 1 aliphatic heterocycles. The van der Waals surface area contributed by atoms with Crippen LogP contribution in [0.1, 0.15) is 18.5 Å². The Labute approximate surface area is 95.4 Å². The number of hydrogen-bond acceptors (Lipinski definition) is 3. The van der Waals surface area contributed by atoms with E-state index in [-0.39, 0.29) is 11.9 Å². The maximum Gasteiger partial charge on any atom is 0.240 e. The molecule has 0 aliphatic carbocycles. The molecule has 1 saturated heterocycles. The minimum atomic E-state index is -0.0121. The number of carbonyl (C=O) groups excluding carboxylic acids is 1. The molecule has 0 saturated carbocycles. The predicted octanol–water partition coefficient (Wildman–Crippen LogP) is 0.130. The smallest absolute Gasteiger partial charge is 0.240 e. The SMILES string of the molecule is CNC1CCCN(Cc2ccnn2C)C1=O. The van der Waals surface area contributed by atoms with Gasteiger partial charge in [0.05, 0.1) is 18.3 Å². The number of nitrogens with one attached hydrogen (secondary N) is 1. The molecule has 0 aromatic carbocycles. The van der Waals surface area contributed by atoms with E-state index in [1.807, 2.05) is 29.7 Å². The Balaban J connectivity index is 2.04. The van der Waals surface area contributed by atoms with Crippen molar-refractivity contribution < 1.29 is 4.79 Å². The zero-order chi connectivity index (χ0) is 11.5. The van der Waals surface area contributed by atoms with Crippen molar-refractivity contribution in [3.05, 3.63) is 18.0 Å². The van der Waals surface area contributed by atoms with Gasteiger partial charge < -0.3 is 10.2 Å². The predicted molar refractivity (Wildman–Crippen MR) is 60.7 cm³/mol. The third kappa shape index (κ3) is 2.09. The molecule has 88 valence electrons. The standard InChI is InChI=1S/C11H18N4O/c1-12-10-4-3-7-15(11(10)16)8-9-5-6-13-14(9)2/h5-6,10,12H,3-4,7-8H2,1-2H3. The minimum Gasteiger partial charge on any atom is -0.335 e. The normalized spacial score (nSPS) is 21.5. The Hall–Kier alpha value is -1.36. The number of nitrogens with zero attached hydrogens (tertiary/aromatic N) is 3. The summed E-state index contributed by atoms with van der Waals surface area (Å²) in [7, 11) is 3.75. The lowest BCUT2D eigenvalue weighted by atomic mass is 10.0. The lowest BCUT2D eigenvalue weighted by Crippen LogP contribution is -2.49. The van der Waals surface area contributed by atoms with Crippen LogP contribution in [0.4, 0.5) is 0 Å². The van der Waals surface area contributed by atoms with E-state index in [1.54, 1.807) is 6.20 Å². The third-order valence-electron chi connectivity index (χ3n) is 3.15. The lowest BCUT2D eigenvalue weighted by molar-refractivity contribution is -0.136. The number of rotatable bonds is 3. The van der Waals surface area contributed by atoms with E-state index in [2.05, 4.69) is 10.4 Å². The van der Waals surface area contributed by atoms with E-state index in [0.717, 1.165) is 25.1 Å². The van der Waals surface area contributed by atoms with E-state index in [4.69, 9.17) is 0 Å². The van der Waals surface area contributed by atoms with Gasteiger partial charge in [0.25, 0.3) is 0 Å². The molecular formula is C11H18N4O. The van der Waals surface area contributed by atoms with Crippen molar-refractivity contribution in [2.45, 2.75) is 25.4 Å². The van der Waals surface area contributed by atoms with Crippen molar-refractivity contribution in [1.29, 1.82) is 0 Å². The maximum absolute atomic E-state index is 12.0. The Morgan fingerprint density at radius 1 is 1.62 bits per heavy atom. The summed E-state index contributed by atoms with van der Waals surface area (Å²) in [4.78, 5) is 13.9. The molecule has 0 radical (unpaired) electrons. The highest BCUT2D eigenvalue weighted by atomic mass is 16.2. The van der Waals surface area contributed by atoms with Crippen LogP contribution >= 0.6 is 0 Å². The zero-order valence-corrected chi connectivity index (χ0v) is 9.81. The van der Waals surface area contributed by atoms with E-state index >= 15 is 0 Å². The molecule has 5 nitrogen and oxygen atoms in total. The first kappa shape index (κ1) is 11.1. The summed E-state index contributed by atoms with van der Waals surface area (Å²) in [5.74, 6) is 0.204. The number of likely N-dealkylation sites (N-methyl/N-ethyl adjacent to an activating group) is 1. The Morgan fingerprint density at radius 3 is 3.06 bits per heavy atom. The molecule has 1 aromatic heterocycles. The van der Waals surface area contributed by atoms with E-state index in [9.17, 15) is 4.79 Å². The number of carbonyl (C=O) groups is 1. The average Bonchev–Trinajstić information content (AvgIpc) is 2.68. The quantitative estimate of drug-likeness (QED) is 0.791. The fourth-order valence-electron chi connectivity index (χ4n) is 2.12. The van der Waals surface area contributed by atoms with Crippen molar-refractivity contribution >= 4 is 5.91 Å². The van der Waals surface area contributed by atoms with Crippen LogP contribution in [-0.2, 0) is 18.4 Å². The Kier molecular flexibility index (Phi) is 3.24.